The number of aliphatic hydroxyl groups excluding tert-OH is 1. The fraction of sp³-hybridized carbons (Fsp3) is 0.643. The van der Waals surface area contributed by atoms with E-state index in [4.69, 9.17) is 9.84 Å². The molecule has 1 aliphatic heterocycles. The number of hydrogen-bond acceptors (Lipinski definition) is 5. The Labute approximate surface area is 123 Å². The van der Waals surface area contributed by atoms with Gasteiger partial charge in [0.05, 0.1) is 32.3 Å². The van der Waals surface area contributed by atoms with Gasteiger partial charge >= 0.3 is 0 Å². The van der Waals surface area contributed by atoms with Gasteiger partial charge in [0.15, 0.2) is 0 Å². The lowest BCUT2D eigenvalue weighted by molar-refractivity contribution is -0.139. The third-order valence-corrected chi connectivity index (χ3v) is 4.33. The molecule has 112 valence electrons. The molecule has 0 aliphatic carbocycles. The first-order chi connectivity index (χ1) is 9.70. The van der Waals surface area contributed by atoms with E-state index in [1.807, 2.05) is 34.4 Å². The van der Waals surface area contributed by atoms with E-state index in [2.05, 4.69) is 0 Å². The summed E-state index contributed by atoms with van der Waals surface area (Å²) in [5.41, 5.74) is 0. The van der Waals surface area contributed by atoms with Gasteiger partial charge in [-0.05, 0) is 18.5 Å². The summed E-state index contributed by atoms with van der Waals surface area (Å²) in [7, 11) is 1.95. The first-order valence-electron chi connectivity index (χ1n) is 6.89. The molecule has 1 amide bonds. The minimum absolute atomic E-state index is 0.0766. The average molecular weight is 298 g/mol. The second-order valence-corrected chi connectivity index (χ2v) is 6.09. The van der Waals surface area contributed by atoms with Crippen molar-refractivity contribution in [2.24, 2.45) is 0 Å². The van der Waals surface area contributed by atoms with E-state index in [0.717, 1.165) is 11.4 Å². The van der Waals surface area contributed by atoms with Gasteiger partial charge in [0, 0.05) is 24.5 Å². The quantitative estimate of drug-likeness (QED) is 0.828. The summed E-state index contributed by atoms with van der Waals surface area (Å²) in [5.74, 6) is 0.165. The summed E-state index contributed by atoms with van der Waals surface area (Å²) in [6, 6.07) is 4.04. The average Bonchev–Trinajstić information content (AvgIpc) is 2.92. The van der Waals surface area contributed by atoms with Gasteiger partial charge in [-0.15, -0.1) is 11.3 Å². The van der Waals surface area contributed by atoms with E-state index in [1.165, 1.54) is 0 Å². The SMILES string of the molecule is CN(CCO)C[C@H]1COCCN1C(=O)Cc1cccs1. The van der Waals surface area contributed by atoms with Gasteiger partial charge in [-0.25, -0.2) is 0 Å². The first-order valence-corrected chi connectivity index (χ1v) is 7.77. The molecule has 1 atom stereocenters. The Kier molecular flexibility index (Phi) is 5.97. The van der Waals surface area contributed by atoms with E-state index < -0.39 is 0 Å². The fourth-order valence-electron chi connectivity index (χ4n) is 2.42. The zero-order valence-electron chi connectivity index (χ0n) is 11.8. The number of rotatable bonds is 6. The highest BCUT2D eigenvalue weighted by Gasteiger charge is 2.28. The number of ether oxygens (including phenoxy) is 1. The largest absolute Gasteiger partial charge is 0.395 e. The molecule has 0 saturated carbocycles. The van der Waals surface area contributed by atoms with Crippen LogP contribution in [0.3, 0.4) is 0 Å². The molecule has 0 spiro atoms. The van der Waals surface area contributed by atoms with Gasteiger partial charge in [-0.2, -0.15) is 0 Å². The van der Waals surface area contributed by atoms with Crippen molar-refractivity contribution in [3.05, 3.63) is 22.4 Å². The molecule has 0 unspecified atom stereocenters. The summed E-state index contributed by atoms with van der Waals surface area (Å²) >= 11 is 1.62. The van der Waals surface area contributed by atoms with Crippen molar-refractivity contribution < 1.29 is 14.6 Å². The normalized spacial score (nSPS) is 19.6. The maximum atomic E-state index is 12.4. The molecule has 0 radical (unpaired) electrons. The standard InChI is InChI=1S/C14H22N2O3S/c1-15(4-6-17)10-12-11-19-7-5-16(12)14(18)9-13-3-2-8-20-13/h2-3,8,12,17H,4-7,9-11H2,1H3/t12-/m0/s1. The van der Waals surface area contributed by atoms with Crippen LogP contribution in [-0.4, -0.2) is 73.4 Å². The monoisotopic (exact) mass is 298 g/mol. The zero-order chi connectivity index (χ0) is 14.4. The van der Waals surface area contributed by atoms with Crippen molar-refractivity contribution in [3.8, 4) is 0 Å². The second kappa shape index (κ2) is 7.73. The molecule has 0 bridgehead atoms. The van der Waals surface area contributed by atoms with E-state index in [1.54, 1.807) is 11.3 Å². The highest BCUT2D eigenvalue weighted by molar-refractivity contribution is 7.10. The van der Waals surface area contributed by atoms with Gasteiger partial charge in [-0.3, -0.25) is 4.79 Å². The van der Waals surface area contributed by atoms with Crippen LogP contribution in [0.2, 0.25) is 0 Å². The van der Waals surface area contributed by atoms with Crippen molar-refractivity contribution in [2.45, 2.75) is 12.5 Å². The summed E-state index contributed by atoms with van der Waals surface area (Å²) in [6.45, 7) is 3.32. The topological polar surface area (TPSA) is 53.0 Å². The molecule has 0 aromatic carbocycles. The molecule has 1 aromatic rings. The van der Waals surface area contributed by atoms with Crippen molar-refractivity contribution in [1.29, 1.82) is 0 Å². The smallest absolute Gasteiger partial charge is 0.228 e. The minimum Gasteiger partial charge on any atom is -0.395 e. The highest BCUT2D eigenvalue weighted by atomic mass is 32.1. The summed E-state index contributed by atoms with van der Waals surface area (Å²) in [6.07, 6.45) is 0.470. The third kappa shape index (κ3) is 4.28. The summed E-state index contributed by atoms with van der Waals surface area (Å²) in [4.78, 5) is 17.5. The Hall–Kier alpha value is -0.950. The Morgan fingerprint density at radius 1 is 1.65 bits per heavy atom. The molecule has 1 saturated heterocycles. The van der Waals surface area contributed by atoms with Crippen LogP contribution in [0.25, 0.3) is 0 Å². The van der Waals surface area contributed by atoms with Crippen LogP contribution in [0, 0.1) is 0 Å². The number of carbonyl (C=O) groups is 1. The van der Waals surface area contributed by atoms with Crippen LogP contribution in [0.4, 0.5) is 0 Å². The lowest BCUT2D eigenvalue weighted by Gasteiger charge is -2.37. The number of carbonyl (C=O) groups excluding carboxylic acids is 1. The Balaban J connectivity index is 1.93. The number of amides is 1. The van der Waals surface area contributed by atoms with Crippen molar-refractivity contribution in [2.75, 3.05) is 46.5 Å². The molecule has 2 rings (SSSR count). The van der Waals surface area contributed by atoms with E-state index in [9.17, 15) is 4.79 Å². The van der Waals surface area contributed by atoms with Crippen LogP contribution in [-0.2, 0) is 16.0 Å². The number of morpholine rings is 1. The Morgan fingerprint density at radius 3 is 3.20 bits per heavy atom. The molecule has 1 aromatic heterocycles. The molecule has 6 heteroatoms. The molecule has 20 heavy (non-hydrogen) atoms. The Bertz CT molecular complexity index is 411. The molecule has 1 fully saturated rings. The molecule has 1 N–H and O–H groups in total. The van der Waals surface area contributed by atoms with Crippen molar-refractivity contribution >= 4 is 17.2 Å². The van der Waals surface area contributed by atoms with Crippen LogP contribution in [0.15, 0.2) is 17.5 Å². The number of hydrogen-bond donors (Lipinski definition) is 1. The molecule has 5 nitrogen and oxygen atoms in total. The lowest BCUT2D eigenvalue weighted by atomic mass is 10.2. The van der Waals surface area contributed by atoms with Crippen LogP contribution < -0.4 is 0 Å². The fourth-order valence-corrected chi connectivity index (χ4v) is 3.12. The highest BCUT2D eigenvalue weighted by Crippen LogP contribution is 2.14. The van der Waals surface area contributed by atoms with Crippen molar-refractivity contribution in [3.63, 3.8) is 0 Å². The second-order valence-electron chi connectivity index (χ2n) is 5.06. The van der Waals surface area contributed by atoms with Gasteiger partial charge < -0.3 is 19.6 Å². The van der Waals surface area contributed by atoms with Gasteiger partial charge in [-0.1, -0.05) is 6.07 Å². The predicted molar refractivity (Wildman–Crippen MR) is 78.9 cm³/mol. The molecule has 2 heterocycles. The van der Waals surface area contributed by atoms with E-state index >= 15 is 0 Å². The maximum Gasteiger partial charge on any atom is 0.228 e. The molecular weight excluding hydrogens is 276 g/mol. The first kappa shape index (κ1) is 15.4. The van der Waals surface area contributed by atoms with E-state index in [0.29, 0.717) is 32.7 Å². The third-order valence-electron chi connectivity index (χ3n) is 3.46. The van der Waals surface area contributed by atoms with E-state index in [-0.39, 0.29) is 18.6 Å². The van der Waals surface area contributed by atoms with Crippen molar-refractivity contribution in [1.82, 2.24) is 9.80 Å². The number of aliphatic hydroxyl groups is 1. The minimum atomic E-state index is 0.0766. The van der Waals surface area contributed by atoms with Gasteiger partial charge in [0.25, 0.3) is 0 Å². The number of thiophene rings is 1. The molecule has 1 aliphatic rings. The van der Waals surface area contributed by atoms with Gasteiger partial charge in [0.2, 0.25) is 5.91 Å². The lowest BCUT2D eigenvalue weighted by Crippen LogP contribution is -2.53. The maximum absolute atomic E-state index is 12.4. The Morgan fingerprint density at radius 2 is 2.50 bits per heavy atom. The summed E-state index contributed by atoms with van der Waals surface area (Å²) < 4.78 is 5.50. The predicted octanol–water partition coefficient (Wildman–Crippen LogP) is 0.442. The van der Waals surface area contributed by atoms with Crippen LogP contribution in [0.1, 0.15) is 4.88 Å². The molecular formula is C14H22N2O3S. The number of likely N-dealkylation sites (N-methyl/N-ethyl adjacent to an activating group) is 1. The van der Waals surface area contributed by atoms with Crippen LogP contribution in [0.5, 0.6) is 0 Å². The summed E-state index contributed by atoms with van der Waals surface area (Å²) in [5, 5.41) is 11.0. The number of nitrogens with zero attached hydrogens (tertiary/aromatic N) is 2. The van der Waals surface area contributed by atoms with Crippen LogP contribution >= 0.6 is 11.3 Å². The zero-order valence-corrected chi connectivity index (χ0v) is 12.6. The van der Waals surface area contributed by atoms with Gasteiger partial charge in [0.1, 0.15) is 0 Å².